The van der Waals surface area contributed by atoms with E-state index in [1.165, 1.54) is 24.0 Å². The Bertz CT molecular complexity index is 278. The molecule has 0 bridgehead atoms. The van der Waals surface area contributed by atoms with E-state index in [1.54, 1.807) is 0 Å². The summed E-state index contributed by atoms with van der Waals surface area (Å²) >= 11 is 5.87. The molecular formula is C10H11Cl. The van der Waals surface area contributed by atoms with Crippen molar-refractivity contribution in [3.63, 3.8) is 0 Å². The monoisotopic (exact) mass is 166 g/mol. The summed E-state index contributed by atoms with van der Waals surface area (Å²) in [6.45, 7) is 2.28. The topological polar surface area (TPSA) is 0 Å². The summed E-state index contributed by atoms with van der Waals surface area (Å²) in [6, 6.07) is 6.25. The number of halogens is 1. The Kier molecular flexibility index (Phi) is 1.65. The highest BCUT2D eigenvalue weighted by Crippen LogP contribution is 2.33. The SMILES string of the molecule is CC1CCc2cc(Cl)ccc21. The van der Waals surface area contributed by atoms with Gasteiger partial charge in [-0.3, -0.25) is 0 Å². The Morgan fingerprint density at radius 1 is 1.45 bits per heavy atom. The number of rotatable bonds is 0. The summed E-state index contributed by atoms with van der Waals surface area (Å²) in [6.07, 6.45) is 2.49. The van der Waals surface area contributed by atoms with Gasteiger partial charge in [-0.2, -0.15) is 0 Å². The zero-order valence-electron chi connectivity index (χ0n) is 6.60. The van der Waals surface area contributed by atoms with E-state index in [-0.39, 0.29) is 0 Å². The third kappa shape index (κ3) is 1.16. The first-order chi connectivity index (χ1) is 5.27. The summed E-state index contributed by atoms with van der Waals surface area (Å²) in [4.78, 5) is 0. The zero-order valence-corrected chi connectivity index (χ0v) is 7.36. The largest absolute Gasteiger partial charge is 0.0843 e. The number of benzene rings is 1. The van der Waals surface area contributed by atoms with Gasteiger partial charge < -0.3 is 0 Å². The molecule has 1 atom stereocenters. The van der Waals surface area contributed by atoms with Gasteiger partial charge in [0.25, 0.3) is 0 Å². The first kappa shape index (κ1) is 7.17. The maximum absolute atomic E-state index is 5.87. The quantitative estimate of drug-likeness (QED) is 0.554. The third-order valence-corrected chi connectivity index (χ3v) is 2.72. The van der Waals surface area contributed by atoms with Crippen LogP contribution >= 0.6 is 11.6 Å². The lowest BCUT2D eigenvalue weighted by Gasteiger charge is -2.02. The minimum atomic E-state index is 0.738. The minimum absolute atomic E-state index is 0.738. The lowest BCUT2D eigenvalue weighted by atomic mass is 10.0. The molecule has 1 aliphatic rings. The molecule has 0 nitrogen and oxygen atoms in total. The molecule has 0 saturated carbocycles. The molecule has 0 heterocycles. The van der Waals surface area contributed by atoms with Crippen LogP contribution in [0.1, 0.15) is 30.4 Å². The molecule has 0 spiro atoms. The Labute approximate surface area is 72.2 Å². The predicted octanol–water partition coefficient (Wildman–Crippen LogP) is 3.39. The average molecular weight is 167 g/mol. The van der Waals surface area contributed by atoms with Crippen LogP contribution < -0.4 is 0 Å². The Balaban J connectivity index is 2.50. The summed E-state index contributed by atoms with van der Waals surface area (Å²) in [5, 5.41) is 0.873. The van der Waals surface area contributed by atoms with Gasteiger partial charge >= 0.3 is 0 Å². The fourth-order valence-electron chi connectivity index (χ4n) is 1.80. The Morgan fingerprint density at radius 2 is 2.27 bits per heavy atom. The molecule has 0 aromatic heterocycles. The Morgan fingerprint density at radius 3 is 3.09 bits per heavy atom. The molecule has 0 aliphatic heterocycles. The van der Waals surface area contributed by atoms with Gasteiger partial charge in [0.1, 0.15) is 0 Å². The number of aryl methyl sites for hydroxylation is 1. The lowest BCUT2D eigenvalue weighted by molar-refractivity contribution is 0.747. The zero-order chi connectivity index (χ0) is 7.84. The van der Waals surface area contributed by atoms with E-state index in [9.17, 15) is 0 Å². The fraction of sp³-hybridized carbons (Fsp3) is 0.400. The van der Waals surface area contributed by atoms with Gasteiger partial charge in [-0.25, -0.2) is 0 Å². The highest BCUT2D eigenvalue weighted by atomic mass is 35.5. The van der Waals surface area contributed by atoms with E-state index in [2.05, 4.69) is 19.1 Å². The molecular weight excluding hydrogens is 156 g/mol. The predicted molar refractivity (Wildman–Crippen MR) is 48.2 cm³/mol. The van der Waals surface area contributed by atoms with Gasteiger partial charge in [-0.15, -0.1) is 0 Å². The molecule has 2 rings (SSSR count). The second kappa shape index (κ2) is 2.53. The molecule has 1 unspecified atom stereocenters. The van der Waals surface area contributed by atoms with Crippen LogP contribution in [0.3, 0.4) is 0 Å². The van der Waals surface area contributed by atoms with E-state index in [0.29, 0.717) is 0 Å². The van der Waals surface area contributed by atoms with Crippen LogP contribution in [0.4, 0.5) is 0 Å². The molecule has 1 aliphatic carbocycles. The van der Waals surface area contributed by atoms with Crippen molar-refractivity contribution in [3.8, 4) is 0 Å². The third-order valence-electron chi connectivity index (χ3n) is 2.48. The number of hydrogen-bond donors (Lipinski definition) is 0. The van der Waals surface area contributed by atoms with Gasteiger partial charge in [0.05, 0.1) is 0 Å². The van der Waals surface area contributed by atoms with Crippen LogP contribution in [0.5, 0.6) is 0 Å². The highest BCUT2D eigenvalue weighted by Gasteiger charge is 2.17. The van der Waals surface area contributed by atoms with E-state index < -0.39 is 0 Å². The van der Waals surface area contributed by atoms with Crippen molar-refractivity contribution in [2.45, 2.75) is 25.7 Å². The van der Waals surface area contributed by atoms with Crippen LogP contribution in [0, 0.1) is 0 Å². The van der Waals surface area contributed by atoms with Crippen LogP contribution in [0.25, 0.3) is 0 Å². The van der Waals surface area contributed by atoms with Crippen LogP contribution in [0.2, 0.25) is 5.02 Å². The van der Waals surface area contributed by atoms with Gasteiger partial charge in [0, 0.05) is 5.02 Å². The van der Waals surface area contributed by atoms with Crippen molar-refractivity contribution in [1.29, 1.82) is 0 Å². The second-order valence-corrected chi connectivity index (χ2v) is 3.72. The minimum Gasteiger partial charge on any atom is -0.0843 e. The van der Waals surface area contributed by atoms with Crippen LogP contribution in [-0.2, 0) is 6.42 Å². The normalized spacial score (nSPS) is 21.8. The Hall–Kier alpha value is -0.490. The molecule has 1 heteroatoms. The van der Waals surface area contributed by atoms with E-state index >= 15 is 0 Å². The van der Waals surface area contributed by atoms with Crippen molar-refractivity contribution in [2.24, 2.45) is 0 Å². The second-order valence-electron chi connectivity index (χ2n) is 3.28. The maximum atomic E-state index is 5.87. The molecule has 1 aromatic carbocycles. The molecule has 0 radical (unpaired) electrons. The summed E-state index contributed by atoms with van der Waals surface area (Å²) in [7, 11) is 0. The van der Waals surface area contributed by atoms with Crippen LogP contribution in [-0.4, -0.2) is 0 Å². The van der Waals surface area contributed by atoms with Gasteiger partial charge in [0.2, 0.25) is 0 Å². The van der Waals surface area contributed by atoms with E-state index in [4.69, 9.17) is 11.6 Å². The molecule has 0 amide bonds. The molecule has 1 aromatic rings. The van der Waals surface area contributed by atoms with E-state index in [0.717, 1.165) is 10.9 Å². The fourth-order valence-corrected chi connectivity index (χ4v) is 1.99. The first-order valence-corrected chi connectivity index (χ1v) is 4.43. The van der Waals surface area contributed by atoms with Crippen molar-refractivity contribution in [1.82, 2.24) is 0 Å². The average Bonchev–Trinajstić information content (AvgIpc) is 2.32. The number of fused-ring (bicyclic) bond motifs is 1. The lowest BCUT2D eigenvalue weighted by Crippen LogP contribution is -1.84. The van der Waals surface area contributed by atoms with Crippen molar-refractivity contribution in [3.05, 3.63) is 34.3 Å². The summed E-state index contributed by atoms with van der Waals surface area (Å²) in [5.41, 5.74) is 2.94. The maximum Gasteiger partial charge on any atom is 0.0408 e. The molecule has 0 saturated heterocycles. The van der Waals surface area contributed by atoms with Crippen molar-refractivity contribution >= 4 is 11.6 Å². The number of hydrogen-bond acceptors (Lipinski definition) is 0. The van der Waals surface area contributed by atoms with Crippen LogP contribution in [0.15, 0.2) is 18.2 Å². The van der Waals surface area contributed by atoms with Gasteiger partial charge in [0.15, 0.2) is 0 Å². The first-order valence-electron chi connectivity index (χ1n) is 4.05. The molecule has 0 fully saturated rings. The standard InChI is InChI=1S/C10H11Cl/c1-7-2-3-8-6-9(11)4-5-10(7)8/h4-7H,2-3H2,1H3. The summed E-state index contributed by atoms with van der Waals surface area (Å²) < 4.78 is 0. The van der Waals surface area contributed by atoms with Crippen molar-refractivity contribution < 1.29 is 0 Å². The van der Waals surface area contributed by atoms with E-state index in [1.807, 2.05) is 6.07 Å². The highest BCUT2D eigenvalue weighted by molar-refractivity contribution is 6.30. The van der Waals surface area contributed by atoms with Gasteiger partial charge in [-0.1, -0.05) is 24.6 Å². The molecule has 0 N–H and O–H groups in total. The molecule has 11 heavy (non-hydrogen) atoms. The summed E-state index contributed by atoms with van der Waals surface area (Å²) in [5.74, 6) is 0.738. The molecule has 58 valence electrons. The van der Waals surface area contributed by atoms with Gasteiger partial charge in [-0.05, 0) is 42.0 Å². The van der Waals surface area contributed by atoms with Crippen molar-refractivity contribution in [2.75, 3.05) is 0 Å². The smallest absolute Gasteiger partial charge is 0.0408 e.